The number of aromatic nitrogens is 4. The van der Waals surface area contributed by atoms with Gasteiger partial charge in [0.1, 0.15) is 11.3 Å². The molecular weight excluding hydrogens is 170 g/mol. The van der Waals surface area contributed by atoms with Crippen molar-refractivity contribution >= 4 is 16.9 Å². The van der Waals surface area contributed by atoms with Gasteiger partial charge in [0.25, 0.3) is 5.56 Å². The van der Waals surface area contributed by atoms with E-state index in [4.69, 9.17) is 0 Å². The molecule has 2 aromatic rings. The quantitative estimate of drug-likeness (QED) is 0.630. The van der Waals surface area contributed by atoms with Gasteiger partial charge in [0, 0.05) is 20.2 Å². The van der Waals surface area contributed by atoms with Crippen LogP contribution in [0.2, 0.25) is 0 Å². The minimum absolute atomic E-state index is 0.227. The number of aromatic amines is 2. The van der Waals surface area contributed by atoms with Crippen LogP contribution in [0.25, 0.3) is 11.0 Å². The zero-order valence-corrected chi connectivity index (χ0v) is 7.33. The molecule has 2 N–H and O–H groups in total. The van der Waals surface area contributed by atoms with Crippen molar-refractivity contribution in [3.8, 4) is 0 Å². The number of fused-ring (bicyclic) bond motifs is 1. The van der Waals surface area contributed by atoms with Gasteiger partial charge < -0.3 is 9.88 Å². The van der Waals surface area contributed by atoms with Gasteiger partial charge in [0.05, 0.1) is 0 Å². The third-order valence-electron chi connectivity index (χ3n) is 1.79. The number of nitrogens with one attached hydrogen (secondary N) is 2. The summed E-state index contributed by atoms with van der Waals surface area (Å²) in [4.78, 5) is 15.8. The average Bonchev–Trinajstić information content (AvgIpc) is 2.51. The molecule has 0 radical (unpaired) electrons. The van der Waals surface area contributed by atoms with Gasteiger partial charge >= 0.3 is 0 Å². The second kappa shape index (κ2) is 2.58. The van der Waals surface area contributed by atoms with Gasteiger partial charge in [0.2, 0.25) is 0 Å². The predicted octanol–water partition coefficient (Wildman–Crippen LogP) is -0.288. The average molecular weight is 179 g/mol. The first-order valence-electron chi connectivity index (χ1n) is 3.79. The molecule has 0 aliphatic heterocycles. The molecule has 2 rings (SSSR count). The van der Waals surface area contributed by atoms with Crippen molar-refractivity contribution in [1.29, 1.82) is 0 Å². The molecule has 0 bridgehead atoms. The van der Waals surface area contributed by atoms with E-state index in [9.17, 15) is 4.79 Å². The normalized spacial score (nSPS) is 10.6. The lowest BCUT2D eigenvalue weighted by atomic mass is 10.4. The zero-order valence-electron chi connectivity index (χ0n) is 7.33. The molecule has 0 saturated heterocycles. The van der Waals surface area contributed by atoms with Crippen molar-refractivity contribution in [3.05, 3.63) is 16.4 Å². The fraction of sp³-hybridized carbons (Fsp3) is 0.286. The molecule has 0 amide bonds. The largest absolute Gasteiger partial charge is 0.364 e. The van der Waals surface area contributed by atoms with Gasteiger partial charge in [0.15, 0.2) is 5.52 Å². The molecule has 0 saturated carbocycles. The van der Waals surface area contributed by atoms with Crippen LogP contribution in [-0.4, -0.2) is 34.5 Å². The molecule has 2 aromatic heterocycles. The second-order valence-corrected chi connectivity index (χ2v) is 2.94. The number of nitrogens with zero attached hydrogens (tertiary/aromatic N) is 3. The lowest BCUT2D eigenvalue weighted by Crippen LogP contribution is -2.16. The van der Waals surface area contributed by atoms with E-state index in [2.05, 4.69) is 20.4 Å². The fourth-order valence-corrected chi connectivity index (χ4v) is 1.09. The molecule has 0 spiro atoms. The predicted molar refractivity (Wildman–Crippen MR) is 48.8 cm³/mol. The molecular formula is C7H9N5O. The lowest BCUT2D eigenvalue weighted by molar-refractivity contribution is 0.957. The number of hydrogen-bond donors (Lipinski definition) is 2. The Morgan fingerprint density at radius 3 is 2.85 bits per heavy atom. The Bertz CT molecular complexity index is 483. The van der Waals surface area contributed by atoms with Gasteiger partial charge in [-0.1, -0.05) is 0 Å². The summed E-state index contributed by atoms with van der Waals surface area (Å²) in [5, 5.41) is 9.97. The van der Waals surface area contributed by atoms with Crippen LogP contribution < -0.4 is 10.5 Å². The van der Waals surface area contributed by atoms with Crippen molar-refractivity contribution in [2.75, 3.05) is 19.0 Å². The summed E-state index contributed by atoms with van der Waals surface area (Å²) in [6.45, 7) is 0. The van der Waals surface area contributed by atoms with E-state index < -0.39 is 0 Å². The van der Waals surface area contributed by atoms with Crippen LogP contribution in [0.4, 0.5) is 5.82 Å². The van der Waals surface area contributed by atoms with Crippen LogP contribution in [0.1, 0.15) is 0 Å². The standard InChI is InChI=1S/C7H9N5O/c1-12(2)5-3-4-6(7(13)8-5)10-11-9-4/h3H,1-2H3,(H,8,13)(H,9,10,11). The number of anilines is 1. The van der Waals surface area contributed by atoms with Gasteiger partial charge in [-0.25, -0.2) is 0 Å². The third kappa shape index (κ3) is 1.16. The summed E-state index contributed by atoms with van der Waals surface area (Å²) in [5.74, 6) is 0.714. The molecule has 0 aliphatic carbocycles. The van der Waals surface area contributed by atoms with Gasteiger partial charge in [-0.05, 0) is 0 Å². The molecule has 2 heterocycles. The van der Waals surface area contributed by atoms with E-state index in [1.807, 2.05) is 14.1 Å². The van der Waals surface area contributed by atoms with E-state index in [0.29, 0.717) is 16.9 Å². The highest BCUT2D eigenvalue weighted by Gasteiger charge is 2.05. The Morgan fingerprint density at radius 2 is 2.15 bits per heavy atom. The van der Waals surface area contributed by atoms with Crippen molar-refractivity contribution < 1.29 is 0 Å². The molecule has 0 fully saturated rings. The topological polar surface area (TPSA) is 77.7 Å². The van der Waals surface area contributed by atoms with Crippen molar-refractivity contribution in [2.45, 2.75) is 0 Å². The van der Waals surface area contributed by atoms with E-state index in [0.717, 1.165) is 0 Å². The molecule has 0 unspecified atom stereocenters. The summed E-state index contributed by atoms with van der Waals surface area (Å²) in [6.07, 6.45) is 0. The van der Waals surface area contributed by atoms with Crippen LogP contribution >= 0.6 is 0 Å². The Hall–Kier alpha value is -1.85. The molecule has 0 atom stereocenters. The number of pyridine rings is 1. The van der Waals surface area contributed by atoms with Crippen LogP contribution in [0.15, 0.2) is 10.9 Å². The Kier molecular flexibility index (Phi) is 1.54. The van der Waals surface area contributed by atoms with Crippen LogP contribution in [-0.2, 0) is 0 Å². The lowest BCUT2D eigenvalue weighted by Gasteiger charge is -2.10. The first-order valence-corrected chi connectivity index (χ1v) is 3.79. The van der Waals surface area contributed by atoms with E-state index in [1.165, 1.54) is 0 Å². The SMILES string of the molecule is CN(C)c1cc2n[nH]nc2c(=O)[nH]1. The van der Waals surface area contributed by atoms with E-state index in [-0.39, 0.29) is 5.56 Å². The summed E-state index contributed by atoms with van der Waals surface area (Å²) in [5.41, 5.74) is 0.688. The Balaban J connectivity index is 2.77. The maximum absolute atomic E-state index is 11.4. The van der Waals surface area contributed by atoms with Crippen LogP contribution in [0.5, 0.6) is 0 Å². The summed E-state index contributed by atoms with van der Waals surface area (Å²) < 4.78 is 0. The van der Waals surface area contributed by atoms with Crippen molar-refractivity contribution in [3.63, 3.8) is 0 Å². The maximum Gasteiger partial charge on any atom is 0.279 e. The third-order valence-corrected chi connectivity index (χ3v) is 1.79. The van der Waals surface area contributed by atoms with Crippen molar-refractivity contribution in [2.24, 2.45) is 0 Å². The number of H-pyrrole nitrogens is 2. The highest BCUT2D eigenvalue weighted by molar-refractivity contribution is 5.75. The molecule has 0 aromatic carbocycles. The van der Waals surface area contributed by atoms with Crippen LogP contribution in [0, 0.1) is 0 Å². The van der Waals surface area contributed by atoms with Crippen LogP contribution in [0.3, 0.4) is 0 Å². The Labute approximate surface area is 73.6 Å². The first kappa shape index (κ1) is 7.78. The second-order valence-electron chi connectivity index (χ2n) is 2.94. The Morgan fingerprint density at radius 1 is 1.38 bits per heavy atom. The van der Waals surface area contributed by atoms with E-state index in [1.54, 1.807) is 11.0 Å². The minimum atomic E-state index is -0.227. The molecule has 0 aliphatic rings. The van der Waals surface area contributed by atoms with Gasteiger partial charge in [-0.3, -0.25) is 4.79 Å². The van der Waals surface area contributed by atoms with Gasteiger partial charge in [-0.15, -0.1) is 0 Å². The summed E-state index contributed by atoms with van der Waals surface area (Å²) in [6, 6.07) is 1.76. The zero-order chi connectivity index (χ0) is 9.42. The summed E-state index contributed by atoms with van der Waals surface area (Å²) >= 11 is 0. The summed E-state index contributed by atoms with van der Waals surface area (Å²) in [7, 11) is 3.69. The molecule has 13 heavy (non-hydrogen) atoms. The number of rotatable bonds is 1. The van der Waals surface area contributed by atoms with Gasteiger partial charge in [-0.2, -0.15) is 15.4 Å². The molecule has 6 heteroatoms. The monoisotopic (exact) mass is 179 g/mol. The highest BCUT2D eigenvalue weighted by atomic mass is 16.1. The van der Waals surface area contributed by atoms with Crippen molar-refractivity contribution in [1.82, 2.24) is 20.4 Å². The molecule has 68 valence electrons. The first-order chi connectivity index (χ1) is 6.18. The number of hydrogen-bond acceptors (Lipinski definition) is 4. The smallest absolute Gasteiger partial charge is 0.279 e. The maximum atomic E-state index is 11.4. The fourth-order valence-electron chi connectivity index (χ4n) is 1.09. The highest BCUT2D eigenvalue weighted by Crippen LogP contribution is 2.09. The molecule has 6 nitrogen and oxygen atoms in total. The minimum Gasteiger partial charge on any atom is -0.364 e. The van der Waals surface area contributed by atoms with E-state index >= 15 is 0 Å².